The predicted molar refractivity (Wildman–Crippen MR) is 74.1 cm³/mol. The minimum atomic E-state index is -1.12. The third kappa shape index (κ3) is 2.93. The Morgan fingerprint density at radius 3 is 2.55 bits per heavy atom. The third-order valence-corrected chi connectivity index (χ3v) is 2.97. The zero-order chi connectivity index (χ0) is 14.5. The zero-order valence-electron chi connectivity index (χ0n) is 11.2. The Kier molecular flexibility index (Phi) is 4.30. The van der Waals surface area contributed by atoms with Crippen molar-refractivity contribution in [2.75, 3.05) is 0 Å². The maximum Gasteiger partial charge on any atom is 0.311 e. The number of rotatable bonds is 6. The summed E-state index contributed by atoms with van der Waals surface area (Å²) in [4.78, 5) is 22.6. The first-order chi connectivity index (χ1) is 9.63. The van der Waals surface area contributed by atoms with Crippen LogP contribution in [0.4, 0.5) is 0 Å². The number of carbonyl (C=O) groups is 2. The Labute approximate surface area is 116 Å². The molecule has 0 bridgehead atoms. The van der Waals surface area contributed by atoms with Crippen molar-refractivity contribution in [1.82, 2.24) is 9.78 Å². The molecule has 0 fully saturated rings. The smallest absolute Gasteiger partial charge is 0.311 e. The van der Waals surface area contributed by atoms with Crippen LogP contribution in [0.25, 0.3) is 5.69 Å². The van der Waals surface area contributed by atoms with Gasteiger partial charge < -0.3 is 5.11 Å². The molecule has 0 aliphatic heterocycles. The summed E-state index contributed by atoms with van der Waals surface area (Å²) >= 11 is 0. The summed E-state index contributed by atoms with van der Waals surface area (Å²) in [6.07, 6.45) is 2.49. The van der Waals surface area contributed by atoms with E-state index in [2.05, 4.69) is 5.10 Å². The van der Waals surface area contributed by atoms with Crippen LogP contribution in [-0.2, 0) is 11.2 Å². The van der Waals surface area contributed by atoms with Crippen LogP contribution >= 0.6 is 0 Å². The summed E-state index contributed by atoms with van der Waals surface area (Å²) in [5.41, 5.74) is 2.04. The molecule has 1 heterocycles. The van der Waals surface area contributed by atoms with E-state index < -0.39 is 18.2 Å². The molecule has 0 saturated carbocycles. The Balaban J connectivity index is 2.42. The largest absolute Gasteiger partial charge is 0.481 e. The maximum atomic E-state index is 12.0. The SMILES string of the molecule is CCCc1c(C(=O)CC(=O)O)cnn1-c1ccccc1. The molecule has 0 amide bonds. The molecule has 5 nitrogen and oxygen atoms in total. The molecule has 5 heteroatoms. The topological polar surface area (TPSA) is 72.2 Å². The minimum Gasteiger partial charge on any atom is -0.481 e. The van der Waals surface area contributed by atoms with Crippen molar-refractivity contribution in [3.05, 3.63) is 47.8 Å². The molecule has 0 spiro atoms. The zero-order valence-corrected chi connectivity index (χ0v) is 11.2. The second kappa shape index (κ2) is 6.14. The summed E-state index contributed by atoms with van der Waals surface area (Å²) in [5.74, 6) is -1.52. The van der Waals surface area contributed by atoms with Gasteiger partial charge in [0.2, 0.25) is 0 Å². The van der Waals surface area contributed by atoms with Crippen molar-refractivity contribution in [2.24, 2.45) is 0 Å². The van der Waals surface area contributed by atoms with Crippen molar-refractivity contribution in [2.45, 2.75) is 26.2 Å². The van der Waals surface area contributed by atoms with Crippen LogP contribution in [0.15, 0.2) is 36.5 Å². The van der Waals surface area contributed by atoms with E-state index in [9.17, 15) is 9.59 Å². The molecular weight excluding hydrogens is 256 g/mol. The number of hydrogen-bond acceptors (Lipinski definition) is 3. The number of hydrogen-bond donors (Lipinski definition) is 1. The third-order valence-electron chi connectivity index (χ3n) is 2.97. The van der Waals surface area contributed by atoms with E-state index in [4.69, 9.17) is 5.11 Å². The average Bonchev–Trinajstić information content (AvgIpc) is 2.83. The van der Waals surface area contributed by atoms with Gasteiger partial charge in [-0.3, -0.25) is 9.59 Å². The van der Waals surface area contributed by atoms with Crippen LogP contribution in [0.2, 0.25) is 0 Å². The quantitative estimate of drug-likeness (QED) is 0.647. The lowest BCUT2D eigenvalue weighted by atomic mass is 10.1. The van der Waals surface area contributed by atoms with E-state index in [1.54, 1.807) is 4.68 Å². The summed E-state index contributed by atoms with van der Waals surface area (Å²) in [6, 6.07) is 9.50. The fourth-order valence-corrected chi connectivity index (χ4v) is 2.11. The second-order valence-electron chi connectivity index (χ2n) is 4.50. The first kappa shape index (κ1) is 14.0. The van der Waals surface area contributed by atoms with Gasteiger partial charge in [-0.1, -0.05) is 31.5 Å². The molecule has 1 aromatic carbocycles. The number of para-hydroxylation sites is 1. The standard InChI is InChI=1S/C15H16N2O3/c1-2-6-13-12(14(18)9-15(19)20)10-16-17(13)11-7-4-3-5-8-11/h3-5,7-8,10H,2,6,9H2,1H3,(H,19,20). The van der Waals surface area contributed by atoms with E-state index in [1.165, 1.54) is 6.20 Å². The molecule has 1 N–H and O–H groups in total. The Hall–Kier alpha value is -2.43. The number of benzene rings is 1. The molecule has 0 aliphatic rings. The van der Waals surface area contributed by atoms with Gasteiger partial charge in [-0.15, -0.1) is 0 Å². The lowest BCUT2D eigenvalue weighted by molar-refractivity contribution is -0.135. The number of carbonyl (C=O) groups excluding carboxylic acids is 1. The van der Waals surface area contributed by atoms with Gasteiger partial charge in [0.05, 0.1) is 23.1 Å². The van der Waals surface area contributed by atoms with Crippen molar-refractivity contribution in [3.63, 3.8) is 0 Å². The molecular formula is C15H16N2O3. The molecule has 1 aromatic heterocycles. The van der Waals surface area contributed by atoms with E-state index in [-0.39, 0.29) is 0 Å². The van der Waals surface area contributed by atoms with E-state index in [1.807, 2.05) is 37.3 Å². The van der Waals surface area contributed by atoms with Crippen molar-refractivity contribution in [1.29, 1.82) is 0 Å². The number of nitrogens with zero attached hydrogens (tertiary/aromatic N) is 2. The van der Waals surface area contributed by atoms with Crippen LogP contribution in [0.1, 0.15) is 35.8 Å². The van der Waals surface area contributed by atoms with Gasteiger partial charge in [0.15, 0.2) is 5.78 Å². The van der Waals surface area contributed by atoms with Crippen molar-refractivity contribution >= 4 is 11.8 Å². The van der Waals surface area contributed by atoms with Gasteiger partial charge >= 0.3 is 5.97 Å². The number of ketones is 1. The summed E-state index contributed by atoms with van der Waals surface area (Å²) in [5, 5.41) is 13.0. The normalized spacial score (nSPS) is 10.4. The number of carboxylic acids is 1. The highest BCUT2D eigenvalue weighted by Gasteiger charge is 2.19. The fraction of sp³-hybridized carbons (Fsp3) is 0.267. The van der Waals surface area contributed by atoms with Crippen LogP contribution in [0.3, 0.4) is 0 Å². The van der Waals surface area contributed by atoms with Crippen LogP contribution in [-0.4, -0.2) is 26.6 Å². The number of Topliss-reactive ketones (excluding diaryl/α,β-unsaturated/α-hetero) is 1. The van der Waals surface area contributed by atoms with Gasteiger partial charge in [0, 0.05) is 0 Å². The first-order valence-corrected chi connectivity index (χ1v) is 6.50. The molecule has 0 saturated heterocycles. The highest BCUT2D eigenvalue weighted by atomic mass is 16.4. The fourth-order valence-electron chi connectivity index (χ4n) is 2.11. The lowest BCUT2D eigenvalue weighted by Gasteiger charge is -2.08. The molecule has 20 heavy (non-hydrogen) atoms. The van der Waals surface area contributed by atoms with E-state index >= 15 is 0 Å². The Bertz CT molecular complexity index is 617. The van der Waals surface area contributed by atoms with Gasteiger partial charge in [-0.25, -0.2) is 4.68 Å². The molecule has 0 radical (unpaired) electrons. The van der Waals surface area contributed by atoms with E-state index in [0.717, 1.165) is 17.8 Å². The predicted octanol–water partition coefficient (Wildman–Crippen LogP) is 2.48. The Morgan fingerprint density at radius 2 is 1.95 bits per heavy atom. The van der Waals surface area contributed by atoms with E-state index in [0.29, 0.717) is 12.0 Å². The number of carboxylic acid groups (broad SMARTS) is 1. The van der Waals surface area contributed by atoms with Gasteiger partial charge in [0.1, 0.15) is 6.42 Å². The van der Waals surface area contributed by atoms with Crippen LogP contribution in [0, 0.1) is 0 Å². The summed E-state index contributed by atoms with van der Waals surface area (Å²) in [6.45, 7) is 2.01. The molecule has 2 rings (SSSR count). The van der Waals surface area contributed by atoms with Gasteiger partial charge in [0.25, 0.3) is 0 Å². The number of aliphatic carboxylic acids is 1. The molecule has 0 unspecified atom stereocenters. The van der Waals surface area contributed by atoms with Gasteiger partial charge in [-0.2, -0.15) is 5.10 Å². The van der Waals surface area contributed by atoms with Crippen LogP contribution in [0.5, 0.6) is 0 Å². The van der Waals surface area contributed by atoms with Crippen molar-refractivity contribution in [3.8, 4) is 5.69 Å². The lowest BCUT2D eigenvalue weighted by Crippen LogP contribution is -2.10. The number of aromatic nitrogens is 2. The highest BCUT2D eigenvalue weighted by Crippen LogP contribution is 2.18. The second-order valence-corrected chi connectivity index (χ2v) is 4.50. The summed E-state index contributed by atoms with van der Waals surface area (Å²) in [7, 11) is 0. The molecule has 0 atom stereocenters. The highest BCUT2D eigenvalue weighted by molar-refractivity contribution is 6.06. The first-order valence-electron chi connectivity index (χ1n) is 6.50. The average molecular weight is 272 g/mol. The Morgan fingerprint density at radius 1 is 1.25 bits per heavy atom. The molecule has 2 aromatic rings. The molecule has 104 valence electrons. The van der Waals surface area contributed by atoms with Gasteiger partial charge in [-0.05, 0) is 18.6 Å². The monoisotopic (exact) mass is 272 g/mol. The molecule has 0 aliphatic carbocycles. The minimum absolute atomic E-state index is 0.400. The maximum absolute atomic E-state index is 12.0. The van der Waals surface area contributed by atoms with Crippen molar-refractivity contribution < 1.29 is 14.7 Å². The van der Waals surface area contributed by atoms with Crippen LogP contribution < -0.4 is 0 Å². The summed E-state index contributed by atoms with van der Waals surface area (Å²) < 4.78 is 1.71.